The van der Waals surface area contributed by atoms with Gasteiger partial charge in [0.05, 0.1) is 18.2 Å². The molecule has 2 heterocycles. The molecule has 1 aliphatic carbocycles. The number of amides is 1. The average Bonchev–Trinajstić information content (AvgIpc) is 3.15. The summed E-state index contributed by atoms with van der Waals surface area (Å²) >= 11 is 3.24. The number of thiazole rings is 1. The van der Waals surface area contributed by atoms with E-state index in [-0.39, 0.29) is 23.5 Å². The first kappa shape index (κ1) is 16.6. The highest BCUT2D eigenvalue weighted by Gasteiger charge is 2.55. The second-order valence-electron chi connectivity index (χ2n) is 6.71. The molecule has 3 rings (SSSR count). The predicted molar refractivity (Wildman–Crippen MR) is 94.8 cm³/mol. The number of carbonyl (C=O) groups is 1. The van der Waals surface area contributed by atoms with Gasteiger partial charge in [-0.1, -0.05) is 20.8 Å². The van der Waals surface area contributed by atoms with Gasteiger partial charge >= 0.3 is 0 Å². The normalized spacial score (nSPS) is 25.8. The summed E-state index contributed by atoms with van der Waals surface area (Å²) in [6.45, 7) is 6.41. The molecule has 23 heavy (non-hydrogen) atoms. The van der Waals surface area contributed by atoms with Crippen molar-refractivity contribution in [2.75, 3.05) is 7.11 Å². The third kappa shape index (κ3) is 3.07. The molecule has 3 atom stereocenters. The Labute approximate surface area is 144 Å². The topological polar surface area (TPSA) is 51.2 Å². The molecule has 2 aromatic heterocycles. The zero-order chi connectivity index (χ0) is 16.6. The smallest absolute Gasteiger partial charge is 0.226 e. The fraction of sp³-hybridized carbons (Fsp3) is 0.529. The standard InChI is InChI=1S/C17H22N2O2S2/c1-10-14(17(2,3)15(10)21-4)19-13(20)7-12-9-23-16(18-12)11-5-6-22-8-11/h5-6,8-10,14-15H,7H2,1-4H3,(H,19,20)/t10-,14-,15-/m1/s1. The van der Waals surface area contributed by atoms with Crippen LogP contribution in [0.4, 0.5) is 0 Å². The van der Waals surface area contributed by atoms with E-state index in [9.17, 15) is 4.79 Å². The van der Waals surface area contributed by atoms with Gasteiger partial charge in [-0.05, 0) is 11.4 Å². The van der Waals surface area contributed by atoms with E-state index in [1.54, 1.807) is 29.8 Å². The molecular formula is C17H22N2O2S2. The van der Waals surface area contributed by atoms with Gasteiger partial charge in [0.2, 0.25) is 5.91 Å². The molecule has 124 valence electrons. The van der Waals surface area contributed by atoms with Crippen molar-refractivity contribution in [3.8, 4) is 10.6 Å². The van der Waals surface area contributed by atoms with Crippen molar-refractivity contribution < 1.29 is 9.53 Å². The molecule has 1 amide bonds. The van der Waals surface area contributed by atoms with Crippen molar-refractivity contribution in [1.82, 2.24) is 10.3 Å². The number of carbonyl (C=O) groups excluding carboxylic acids is 1. The molecule has 6 heteroatoms. The highest BCUT2D eigenvalue weighted by Crippen LogP contribution is 2.46. The van der Waals surface area contributed by atoms with Crippen LogP contribution in [-0.2, 0) is 16.0 Å². The lowest BCUT2D eigenvalue weighted by molar-refractivity contribution is -0.154. The summed E-state index contributed by atoms with van der Waals surface area (Å²) in [6.07, 6.45) is 0.523. The molecule has 0 unspecified atom stereocenters. The fourth-order valence-corrected chi connectivity index (χ4v) is 5.25. The minimum atomic E-state index is -0.0340. The van der Waals surface area contributed by atoms with Gasteiger partial charge in [-0.2, -0.15) is 11.3 Å². The lowest BCUT2D eigenvalue weighted by Gasteiger charge is -2.56. The minimum absolute atomic E-state index is 0.0339. The van der Waals surface area contributed by atoms with Crippen molar-refractivity contribution in [2.45, 2.75) is 39.3 Å². The van der Waals surface area contributed by atoms with Crippen molar-refractivity contribution in [1.29, 1.82) is 0 Å². The first-order chi connectivity index (χ1) is 10.9. The van der Waals surface area contributed by atoms with Gasteiger partial charge in [0, 0.05) is 40.8 Å². The van der Waals surface area contributed by atoms with Crippen molar-refractivity contribution in [3.63, 3.8) is 0 Å². The van der Waals surface area contributed by atoms with Gasteiger partial charge in [-0.15, -0.1) is 11.3 Å². The highest BCUT2D eigenvalue weighted by atomic mass is 32.1. The van der Waals surface area contributed by atoms with E-state index in [1.165, 1.54) is 0 Å². The predicted octanol–water partition coefficient (Wildman–Crippen LogP) is 3.59. The first-order valence-corrected chi connectivity index (χ1v) is 9.55. The van der Waals surface area contributed by atoms with Crippen LogP contribution < -0.4 is 5.32 Å². The van der Waals surface area contributed by atoms with E-state index in [2.05, 4.69) is 42.5 Å². The molecule has 0 aliphatic heterocycles. The Morgan fingerprint density at radius 3 is 2.83 bits per heavy atom. The Hall–Kier alpha value is -1.24. The van der Waals surface area contributed by atoms with E-state index in [4.69, 9.17) is 4.74 Å². The van der Waals surface area contributed by atoms with Crippen molar-refractivity contribution >= 4 is 28.6 Å². The van der Waals surface area contributed by atoms with Crippen molar-refractivity contribution in [3.05, 3.63) is 27.9 Å². The maximum atomic E-state index is 12.4. The van der Waals surface area contributed by atoms with Crippen LogP contribution in [-0.4, -0.2) is 30.1 Å². The number of nitrogens with zero attached hydrogens (tertiary/aromatic N) is 1. The second kappa shape index (κ2) is 6.34. The molecule has 0 saturated heterocycles. The molecule has 1 aliphatic rings. The van der Waals surface area contributed by atoms with Gasteiger partial charge in [0.15, 0.2) is 0 Å². The molecule has 0 radical (unpaired) electrons. The monoisotopic (exact) mass is 350 g/mol. The fourth-order valence-electron chi connectivity index (χ4n) is 3.72. The zero-order valence-electron chi connectivity index (χ0n) is 13.8. The van der Waals surface area contributed by atoms with Crippen LogP contribution in [0.25, 0.3) is 10.6 Å². The first-order valence-electron chi connectivity index (χ1n) is 7.72. The molecule has 1 saturated carbocycles. The Morgan fingerprint density at radius 2 is 2.22 bits per heavy atom. The Morgan fingerprint density at radius 1 is 1.43 bits per heavy atom. The molecule has 2 aromatic rings. The molecule has 0 spiro atoms. The average molecular weight is 351 g/mol. The Balaban J connectivity index is 1.60. The van der Waals surface area contributed by atoms with Crippen LogP contribution in [0, 0.1) is 11.3 Å². The lowest BCUT2D eigenvalue weighted by Crippen LogP contribution is -2.68. The van der Waals surface area contributed by atoms with Crippen LogP contribution >= 0.6 is 22.7 Å². The molecule has 0 aromatic carbocycles. The zero-order valence-corrected chi connectivity index (χ0v) is 15.5. The molecule has 4 nitrogen and oxygen atoms in total. The van der Waals surface area contributed by atoms with Crippen LogP contribution in [0.5, 0.6) is 0 Å². The third-order valence-electron chi connectivity index (χ3n) is 4.77. The summed E-state index contributed by atoms with van der Waals surface area (Å²) in [6, 6.07) is 2.20. The molecule has 0 bridgehead atoms. The number of hydrogen-bond donors (Lipinski definition) is 1. The third-order valence-corrected chi connectivity index (χ3v) is 6.39. The molecule has 1 N–H and O–H groups in total. The van der Waals surface area contributed by atoms with Gasteiger partial charge in [-0.3, -0.25) is 4.79 Å². The summed E-state index contributed by atoms with van der Waals surface area (Å²) in [7, 11) is 1.74. The van der Waals surface area contributed by atoms with E-state index >= 15 is 0 Å². The summed E-state index contributed by atoms with van der Waals surface area (Å²) in [5.41, 5.74) is 1.93. The summed E-state index contributed by atoms with van der Waals surface area (Å²) < 4.78 is 5.53. The minimum Gasteiger partial charge on any atom is -0.380 e. The van der Waals surface area contributed by atoms with Gasteiger partial charge in [-0.25, -0.2) is 4.98 Å². The Bertz CT molecular complexity index is 679. The van der Waals surface area contributed by atoms with E-state index in [0.29, 0.717) is 12.3 Å². The highest BCUT2D eigenvalue weighted by molar-refractivity contribution is 7.14. The number of rotatable bonds is 5. The number of hydrogen-bond acceptors (Lipinski definition) is 5. The number of aromatic nitrogens is 1. The van der Waals surface area contributed by atoms with Gasteiger partial charge in [0.1, 0.15) is 5.01 Å². The second-order valence-corrected chi connectivity index (χ2v) is 8.35. The molecular weight excluding hydrogens is 328 g/mol. The summed E-state index contributed by atoms with van der Waals surface area (Å²) in [4.78, 5) is 16.9. The number of methoxy groups -OCH3 is 1. The van der Waals surface area contributed by atoms with Crippen LogP contribution in [0.15, 0.2) is 22.2 Å². The van der Waals surface area contributed by atoms with Gasteiger partial charge < -0.3 is 10.1 Å². The van der Waals surface area contributed by atoms with Crippen molar-refractivity contribution in [2.24, 2.45) is 11.3 Å². The quantitative estimate of drug-likeness (QED) is 0.896. The number of nitrogens with one attached hydrogen (secondary N) is 1. The van der Waals surface area contributed by atoms with E-state index in [0.717, 1.165) is 16.3 Å². The molecule has 1 fully saturated rings. The van der Waals surface area contributed by atoms with Crippen LogP contribution in [0.3, 0.4) is 0 Å². The number of thiophene rings is 1. The maximum absolute atomic E-state index is 12.4. The summed E-state index contributed by atoms with van der Waals surface area (Å²) in [5.74, 6) is 0.363. The summed E-state index contributed by atoms with van der Waals surface area (Å²) in [5, 5.41) is 10.2. The largest absolute Gasteiger partial charge is 0.380 e. The number of ether oxygens (including phenoxy) is 1. The van der Waals surface area contributed by atoms with E-state index < -0.39 is 0 Å². The SMILES string of the molecule is CO[C@@H]1[C@H](C)[C@@H](NC(=O)Cc2csc(-c3ccsc3)n2)C1(C)C. The maximum Gasteiger partial charge on any atom is 0.226 e. The van der Waals surface area contributed by atoms with Crippen LogP contribution in [0.2, 0.25) is 0 Å². The Kier molecular flexibility index (Phi) is 4.58. The lowest BCUT2D eigenvalue weighted by atomic mass is 9.58. The van der Waals surface area contributed by atoms with E-state index in [1.807, 2.05) is 10.8 Å². The van der Waals surface area contributed by atoms with Gasteiger partial charge in [0.25, 0.3) is 0 Å². The van der Waals surface area contributed by atoms with Crippen LogP contribution in [0.1, 0.15) is 26.5 Å².